The first-order valence-corrected chi connectivity index (χ1v) is 4.57. The van der Waals surface area contributed by atoms with Crippen molar-refractivity contribution < 1.29 is 13.9 Å². The predicted octanol–water partition coefficient (Wildman–Crippen LogP) is 2.96. The summed E-state index contributed by atoms with van der Waals surface area (Å²) in [4.78, 5) is 11.2. The number of esters is 1. The number of rotatable bonds is 2. The molecule has 0 N–H and O–H groups in total. The molecule has 76 valence electrons. The zero-order valence-corrected chi connectivity index (χ0v) is 8.69. The number of hydrogen-bond donors (Lipinski definition) is 0. The maximum Gasteiger partial charge on any atom is 0.341 e. The largest absolute Gasteiger partial charge is 0.462 e. The van der Waals surface area contributed by atoms with Gasteiger partial charge in [-0.3, -0.25) is 0 Å². The minimum atomic E-state index is -0.717. The average Bonchev–Trinajstić information content (AvgIpc) is 2.15. The molecule has 1 aromatic carbocycles. The van der Waals surface area contributed by atoms with Crippen molar-refractivity contribution in [1.29, 1.82) is 0 Å². The number of hydrogen-bond acceptors (Lipinski definition) is 2. The Kier molecular flexibility index (Phi) is 3.47. The maximum atomic E-state index is 13.4. The smallest absolute Gasteiger partial charge is 0.341 e. The van der Waals surface area contributed by atoms with Gasteiger partial charge in [0.25, 0.3) is 0 Å². The summed E-state index contributed by atoms with van der Waals surface area (Å²) in [6, 6.07) is 2.95. The number of halogens is 2. The molecule has 2 nitrogen and oxygen atoms in total. The molecular formula is C10H10ClFO2. The monoisotopic (exact) mass is 216 g/mol. The average molecular weight is 217 g/mol. The molecule has 14 heavy (non-hydrogen) atoms. The molecule has 0 radical (unpaired) electrons. The van der Waals surface area contributed by atoms with Crippen LogP contribution in [0.3, 0.4) is 0 Å². The molecule has 0 aliphatic carbocycles. The SMILES string of the molecule is CCOC(=O)c1ccc(C)c(Cl)c1F. The lowest BCUT2D eigenvalue weighted by atomic mass is 10.1. The van der Waals surface area contributed by atoms with Crippen molar-refractivity contribution in [2.75, 3.05) is 6.61 Å². The maximum absolute atomic E-state index is 13.4. The third-order valence-corrected chi connectivity index (χ3v) is 2.23. The predicted molar refractivity (Wildman–Crippen MR) is 52.1 cm³/mol. The van der Waals surface area contributed by atoms with Crippen LogP contribution < -0.4 is 0 Å². The topological polar surface area (TPSA) is 26.3 Å². The zero-order valence-electron chi connectivity index (χ0n) is 7.93. The molecule has 0 aliphatic rings. The van der Waals surface area contributed by atoms with Gasteiger partial charge in [-0.2, -0.15) is 0 Å². The standard InChI is InChI=1S/C10H10ClFO2/c1-3-14-10(13)7-5-4-6(2)8(11)9(7)12/h4-5H,3H2,1-2H3. The first-order valence-electron chi connectivity index (χ1n) is 4.19. The van der Waals surface area contributed by atoms with E-state index in [4.69, 9.17) is 11.6 Å². The van der Waals surface area contributed by atoms with Crippen LogP contribution >= 0.6 is 11.6 Å². The highest BCUT2D eigenvalue weighted by Crippen LogP contribution is 2.22. The molecule has 0 atom stereocenters. The molecule has 0 unspecified atom stereocenters. The van der Waals surface area contributed by atoms with Gasteiger partial charge in [-0.05, 0) is 25.5 Å². The highest BCUT2D eigenvalue weighted by Gasteiger charge is 2.16. The quantitative estimate of drug-likeness (QED) is 0.711. The number of aryl methyl sites for hydroxylation is 1. The van der Waals surface area contributed by atoms with Crippen molar-refractivity contribution in [3.63, 3.8) is 0 Å². The fourth-order valence-corrected chi connectivity index (χ4v) is 1.18. The molecule has 0 bridgehead atoms. The Balaban J connectivity index is 3.11. The van der Waals surface area contributed by atoms with E-state index in [0.717, 1.165) is 0 Å². The van der Waals surface area contributed by atoms with Gasteiger partial charge in [-0.25, -0.2) is 9.18 Å². The molecule has 4 heteroatoms. The van der Waals surface area contributed by atoms with Crippen molar-refractivity contribution in [3.8, 4) is 0 Å². The number of ether oxygens (including phenoxy) is 1. The fourth-order valence-electron chi connectivity index (χ4n) is 1.01. The van der Waals surface area contributed by atoms with Gasteiger partial charge in [0, 0.05) is 0 Å². The Labute approximate surface area is 86.6 Å². The van der Waals surface area contributed by atoms with E-state index in [0.29, 0.717) is 5.56 Å². The van der Waals surface area contributed by atoms with Gasteiger partial charge in [0.15, 0.2) is 5.82 Å². The van der Waals surface area contributed by atoms with Crippen LogP contribution in [0.1, 0.15) is 22.8 Å². The van der Waals surface area contributed by atoms with Gasteiger partial charge in [-0.15, -0.1) is 0 Å². The second kappa shape index (κ2) is 4.42. The second-order valence-electron chi connectivity index (χ2n) is 2.78. The number of benzene rings is 1. The summed E-state index contributed by atoms with van der Waals surface area (Å²) in [5, 5.41) is -0.0319. The third-order valence-electron chi connectivity index (χ3n) is 1.77. The van der Waals surface area contributed by atoms with Crippen LogP contribution in [0.25, 0.3) is 0 Å². The molecule has 0 aromatic heterocycles. The third kappa shape index (κ3) is 2.04. The van der Waals surface area contributed by atoms with E-state index < -0.39 is 11.8 Å². The van der Waals surface area contributed by atoms with Gasteiger partial charge in [0.2, 0.25) is 0 Å². The minimum Gasteiger partial charge on any atom is -0.462 e. The molecule has 0 saturated carbocycles. The van der Waals surface area contributed by atoms with Crippen LogP contribution in [0.2, 0.25) is 5.02 Å². The molecule has 1 aromatic rings. The van der Waals surface area contributed by atoms with E-state index in [1.807, 2.05) is 0 Å². The lowest BCUT2D eigenvalue weighted by molar-refractivity contribution is 0.0521. The summed E-state index contributed by atoms with van der Waals surface area (Å²) in [6.07, 6.45) is 0. The normalized spacial score (nSPS) is 10.0. The van der Waals surface area contributed by atoms with Crippen molar-refractivity contribution in [2.45, 2.75) is 13.8 Å². The van der Waals surface area contributed by atoms with E-state index >= 15 is 0 Å². The van der Waals surface area contributed by atoms with E-state index in [1.165, 1.54) is 6.07 Å². The van der Waals surface area contributed by atoms with Crippen LogP contribution in [-0.2, 0) is 4.74 Å². The van der Waals surface area contributed by atoms with Crippen molar-refractivity contribution in [1.82, 2.24) is 0 Å². The van der Waals surface area contributed by atoms with E-state index in [1.54, 1.807) is 19.9 Å². The summed E-state index contributed by atoms with van der Waals surface area (Å²) in [7, 11) is 0. The lowest BCUT2D eigenvalue weighted by Gasteiger charge is -2.05. The Morgan fingerprint density at radius 1 is 1.57 bits per heavy atom. The molecule has 0 saturated heterocycles. The number of carbonyl (C=O) groups excluding carboxylic acids is 1. The van der Waals surface area contributed by atoms with Gasteiger partial charge in [0.05, 0.1) is 17.2 Å². The Hall–Kier alpha value is -1.09. The summed E-state index contributed by atoms with van der Waals surface area (Å²) >= 11 is 5.64. The van der Waals surface area contributed by atoms with Crippen LogP contribution in [-0.4, -0.2) is 12.6 Å². The molecular weight excluding hydrogens is 207 g/mol. The molecule has 0 aliphatic heterocycles. The summed E-state index contributed by atoms with van der Waals surface area (Å²) in [5.41, 5.74) is 0.472. The van der Waals surface area contributed by atoms with Crippen molar-refractivity contribution in [3.05, 3.63) is 34.1 Å². The highest BCUT2D eigenvalue weighted by molar-refractivity contribution is 6.31. The van der Waals surface area contributed by atoms with Gasteiger partial charge in [0.1, 0.15) is 0 Å². The lowest BCUT2D eigenvalue weighted by Crippen LogP contribution is -2.07. The molecule has 0 amide bonds. The minimum absolute atomic E-state index is 0.0319. The van der Waals surface area contributed by atoms with Gasteiger partial charge in [-0.1, -0.05) is 17.7 Å². The van der Waals surface area contributed by atoms with Gasteiger partial charge >= 0.3 is 5.97 Å². The van der Waals surface area contributed by atoms with Crippen LogP contribution in [0.15, 0.2) is 12.1 Å². The molecule has 0 fully saturated rings. The summed E-state index contributed by atoms with van der Waals surface area (Å²) in [5.74, 6) is -1.41. The second-order valence-corrected chi connectivity index (χ2v) is 3.16. The van der Waals surface area contributed by atoms with Gasteiger partial charge < -0.3 is 4.74 Å². The van der Waals surface area contributed by atoms with Crippen LogP contribution in [0.4, 0.5) is 4.39 Å². The summed E-state index contributed by atoms with van der Waals surface area (Å²) < 4.78 is 18.1. The Morgan fingerprint density at radius 2 is 2.21 bits per heavy atom. The summed E-state index contributed by atoms with van der Waals surface area (Å²) in [6.45, 7) is 3.54. The van der Waals surface area contributed by atoms with Crippen molar-refractivity contribution >= 4 is 17.6 Å². The van der Waals surface area contributed by atoms with Crippen molar-refractivity contribution in [2.24, 2.45) is 0 Å². The Bertz CT molecular complexity index is 363. The van der Waals surface area contributed by atoms with E-state index in [-0.39, 0.29) is 17.2 Å². The highest BCUT2D eigenvalue weighted by atomic mass is 35.5. The fraction of sp³-hybridized carbons (Fsp3) is 0.300. The van der Waals surface area contributed by atoms with Crippen LogP contribution in [0, 0.1) is 12.7 Å². The first-order chi connectivity index (χ1) is 6.57. The number of carbonyl (C=O) groups is 1. The van der Waals surface area contributed by atoms with Crippen LogP contribution in [0.5, 0.6) is 0 Å². The zero-order chi connectivity index (χ0) is 10.7. The first kappa shape index (κ1) is 11.0. The molecule has 0 heterocycles. The molecule has 1 rings (SSSR count). The van der Waals surface area contributed by atoms with E-state index in [2.05, 4.69) is 4.74 Å². The van der Waals surface area contributed by atoms with E-state index in [9.17, 15) is 9.18 Å². The Morgan fingerprint density at radius 3 is 2.79 bits per heavy atom. The molecule has 0 spiro atoms.